The Labute approximate surface area is 205 Å². The van der Waals surface area contributed by atoms with Gasteiger partial charge in [0.05, 0.1) is 18.9 Å². The molecular weight excluding hydrogens is 444 g/mol. The Morgan fingerprint density at radius 1 is 1.09 bits per heavy atom. The third-order valence-corrected chi connectivity index (χ3v) is 7.36. The van der Waals surface area contributed by atoms with Gasteiger partial charge < -0.3 is 19.5 Å². The molecule has 3 atom stereocenters. The topological polar surface area (TPSA) is 107 Å². The predicted octanol–water partition coefficient (Wildman–Crippen LogP) is 3.53. The van der Waals surface area contributed by atoms with Crippen molar-refractivity contribution in [2.75, 3.05) is 26.7 Å². The Morgan fingerprint density at radius 3 is 2.46 bits per heavy atom. The summed E-state index contributed by atoms with van der Waals surface area (Å²) in [5.74, 6) is 0.152. The lowest BCUT2D eigenvalue weighted by Gasteiger charge is -2.37. The third-order valence-electron chi connectivity index (χ3n) is 7.36. The van der Waals surface area contributed by atoms with Crippen molar-refractivity contribution in [3.8, 4) is 11.1 Å². The molecular formula is C27H34N4O4. The molecule has 2 aromatic rings. The zero-order valence-corrected chi connectivity index (χ0v) is 20.5. The second kappa shape index (κ2) is 10.9. The highest BCUT2D eigenvalue weighted by Gasteiger charge is 2.41. The van der Waals surface area contributed by atoms with E-state index in [1.807, 2.05) is 17.0 Å². The summed E-state index contributed by atoms with van der Waals surface area (Å²) in [5, 5.41) is 7.98. The van der Waals surface area contributed by atoms with Crippen LogP contribution >= 0.6 is 0 Å². The van der Waals surface area contributed by atoms with E-state index in [4.69, 9.17) is 10.1 Å². The van der Waals surface area contributed by atoms with Gasteiger partial charge in [0.2, 0.25) is 5.56 Å². The standard InChI is InChI=1S/C27H34N4O4/c1-18(28)30-13-3-5-19(17-30)15-23(27(34)35-2)24-6-4-14-31(24)26(33)21-9-7-20(8-10-21)22-11-12-25(32)29-16-22/h7-12,16,19,23-24,28H,3-6,13-15,17H2,1-2H3,(H,29,32). The van der Waals surface area contributed by atoms with E-state index in [1.165, 1.54) is 13.2 Å². The zero-order valence-electron chi connectivity index (χ0n) is 20.5. The van der Waals surface area contributed by atoms with Gasteiger partial charge in [0.25, 0.3) is 5.91 Å². The number of likely N-dealkylation sites (tertiary alicyclic amines) is 2. The van der Waals surface area contributed by atoms with Gasteiger partial charge >= 0.3 is 5.97 Å². The fraction of sp³-hybridized carbons (Fsp3) is 0.481. The quantitative estimate of drug-likeness (QED) is 0.375. The van der Waals surface area contributed by atoms with Crippen molar-refractivity contribution in [2.24, 2.45) is 11.8 Å². The Hall–Kier alpha value is -3.42. The van der Waals surface area contributed by atoms with E-state index in [9.17, 15) is 14.4 Å². The lowest BCUT2D eigenvalue weighted by molar-refractivity contribution is -0.148. The molecule has 3 unspecified atom stereocenters. The smallest absolute Gasteiger partial charge is 0.310 e. The Kier molecular flexibility index (Phi) is 7.68. The maximum absolute atomic E-state index is 13.5. The average Bonchev–Trinajstić information content (AvgIpc) is 3.36. The number of nitrogens with zero attached hydrogens (tertiary/aromatic N) is 2. The lowest BCUT2D eigenvalue weighted by atomic mass is 9.83. The first-order chi connectivity index (χ1) is 16.9. The van der Waals surface area contributed by atoms with Crippen molar-refractivity contribution in [3.63, 3.8) is 0 Å². The van der Waals surface area contributed by atoms with Crippen molar-refractivity contribution in [3.05, 3.63) is 58.5 Å². The number of nitrogens with one attached hydrogen (secondary N) is 2. The average molecular weight is 479 g/mol. The van der Waals surface area contributed by atoms with E-state index in [0.29, 0.717) is 30.3 Å². The number of pyridine rings is 1. The van der Waals surface area contributed by atoms with Crippen LogP contribution in [0.4, 0.5) is 0 Å². The number of benzene rings is 1. The maximum atomic E-state index is 13.5. The Morgan fingerprint density at radius 2 is 1.80 bits per heavy atom. The molecule has 0 bridgehead atoms. The molecule has 1 amide bonds. The van der Waals surface area contributed by atoms with E-state index >= 15 is 0 Å². The van der Waals surface area contributed by atoms with Crippen LogP contribution in [0.25, 0.3) is 11.1 Å². The minimum atomic E-state index is -0.372. The van der Waals surface area contributed by atoms with Gasteiger partial charge in [0, 0.05) is 43.5 Å². The second-order valence-electron chi connectivity index (χ2n) is 9.63. The number of methoxy groups -OCH3 is 1. The van der Waals surface area contributed by atoms with E-state index in [-0.39, 0.29) is 29.4 Å². The summed E-state index contributed by atoms with van der Waals surface area (Å²) in [7, 11) is 1.42. The van der Waals surface area contributed by atoms with Crippen LogP contribution in [0.2, 0.25) is 0 Å². The van der Waals surface area contributed by atoms with Crippen LogP contribution < -0.4 is 5.56 Å². The van der Waals surface area contributed by atoms with Crippen LogP contribution in [-0.4, -0.2) is 65.3 Å². The number of hydrogen-bond acceptors (Lipinski definition) is 5. The highest BCUT2D eigenvalue weighted by molar-refractivity contribution is 5.95. The number of amides is 1. The van der Waals surface area contributed by atoms with Gasteiger partial charge in [-0.15, -0.1) is 0 Å². The lowest BCUT2D eigenvalue weighted by Crippen LogP contribution is -2.45. The first-order valence-electron chi connectivity index (χ1n) is 12.4. The number of carbonyl (C=O) groups excluding carboxylic acids is 2. The predicted molar refractivity (Wildman–Crippen MR) is 134 cm³/mol. The fourth-order valence-electron chi connectivity index (χ4n) is 5.51. The minimum absolute atomic E-state index is 0.0740. The van der Waals surface area contributed by atoms with E-state index < -0.39 is 0 Å². The second-order valence-corrected chi connectivity index (χ2v) is 9.63. The van der Waals surface area contributed by atoms with E-state index in [2.05, 4.69) is 9.88 Å². The highest BCUT2D eigenvalue weighted by atomic mass is 16.5. The molecule has 4 rings (SSSR count). The molecule has 3 heterocycles. The van der Waals surface area contributed by atoms with Crippen molar-refractivity contribution in [1.29, 1.82) is 5.41 Å². The molecule has 35 heavy (non-hydrogen) atoms. The van der Waals surface area contributed by atoms with Crippen LogP contribution in [0, 0.1) is 17.2 Å². The van der Waals surface area contributed by atoms with Crippen LogP contribution in [0.3, 0.4) is 0 Å². The molecule has 8 nitrogen and oxygen atoms in total. The molecule has 0 spiro atoms. The van der Waals surface area contributed by atoms with Crippen LogP contribution in [0.5, 0.6) is 0 Å². The number of piperidine rings is 1. The van der Waals surface area contributed by atoms with Gasteiger partial charge in [-0.05, 0) is 74.3 Å². The molecule has 1 aromatic carbocycles. The number of aromatic amines is 1. The summed E-state index contributed by atoms with van der Waals surface area (Å²) in [5.41, 5.74) is 2.20. The van der Waals surface area contributed by atoms with E-state index in [1.54, 1.807) is 31.3 Å². The molecule has 0 aliphatic carbocycles. The summed E-state index contributed by atoms with van der Waals surface area (Å²) in [6.07, 6.45) is 5.98. The molecule has 2 N–H and O–H groups in total. The largest absolute Gasteiger partial charge is 0.469 e. The first-order valence-corrected chi connectivity index (χ1v) is 12.4. The summed E-state index contributed by atoms with van der Waals surface area (Å²) in [6, 6.07) is 10.4. The summed E-state index contributed by atoms with van der Waals surface area (Å²) >= 11 is 0. The maximum Gasteiger partial charge on any atom is 0.310 e. The minimum Gasteiger partial charge on any atom is -0.469 e. The number of amidine groups is 1. The highest BCUT2D eigenvalue weighted by Crippen LogP contribution is 2.33. The number of esters is 1. The van der Waals surface area contributed by atoms with Crippen molar-refractivity contribution < 1.29 is 14.3 Å². The van der Waals surface area contributed by atoms with Gasteiger partial charge in [-0.25, -0.2) is 0 Å². The van der Waals surface area contributed by atoms with Crippen molar-refractivity contribution >= 4 is 17.7 Å². The van der Waals surface area contributed by atoms with Gasteiger partial charge in [-0.3, -0.25) is 19.8 Å². The molecule has 2 aliphatic heterocycles. The van der Waals surface area contributed by atoms with Crippen LogP contribution in [0.1, 0.15) is 49.4 Å². The summed E-state index contributed by atoms with van der Waals surface area (Å²) in [4.78, 5) is 44.3. The van der Waals surface area contributed by atoms with Crippen molar-refractivity contribution in [2.45, 2.75) is 45.1 Å². The fourth-order valence-corrected chi connectivity index (χ4v) is 5.51. The summed E-state index contributed by atoms with van der Waals surface area (Å²) < 4.78 is 5.19. The van der Waals surface area contributed by atoms with Crippen LogP contribution in [0.15, 0.2) is 47.4 Å². The van der Waals surface area contributed by atoms with Crippen LogP contribution in [-0.2, 0) is 9.53 Å². The molecule has 186 valence electrons. The SMILES string of the molecule is COC(=O)C(CC1CCCN(C(C)=N)C1)C1CCCN1C(=O)c1ccc(-c2ccc(=O)[nH]c2)cc1. The zero-order chi connectivity index (χ0) is 24.9. The number of rotatable bonds is 6. The molecule has 0 saturated carbocycles. The molecule has 2 saturated heterocycles. The van der Waals surface area contributed by atoms with Gasteiger partial charge in [0.1, 0.15) is 0 Å². The van der Waals surface area contributed by atoms with Gasteiger partial charge in [-0.1, -0.05) is 12.1 Å². The number of hydrogen-bond donors (Lipinski definition) is 2. The number of aromatic nitrogens is 1. The van der Waals surface area contributed by atoms with Gasteiger partial charge in [-0.2, -0.15) is 0 Å². The van der Waals surface area contributed by atoms with Crippen molar-refractivity contribution in [1.82, 2.24) is 14.8 Å². The molecule has 1 aromatic heterocycles. The molecule has 2 fully saturated rings. The number of ether oxygens (including phenoxy) is 1. The molecule has 2 aliphatic rings. The van der Waals surface area contributed by atoms with E-state index in [0.717, 1.165) is 49.9 Å². The Balaban J connectivity index is 1.50. The third kappa shape index (κ3) is 5.63. The normalized spacial score (nSPS) is 21.0. The monoisotopic (exact) mass is 478 g/mol. The summed E-state index contributed by atoms with van der Waals surface area (Å²) in [6.45, 7) is 4.09. The Bertz CT molecular complexity index is 1110. The first kappa shape index (κ1) is 24.7. The number of H-pyrrole nitrogens is 1. The van der Waals surface area contributed by atoms with Gasteiger partial charge in [0.15, 0.2) is 0 Å². The molecule has 8 heteroatoms. The molecule has 0 radical (unpaired) electrons. The number of carbonyl (C=O) groups is 2.